The fraction of sp³-hybridized carbons (Fsp3) is 0.950. The summed E-state index contributed by atoms with van der Waals surface area (Å²) in [4.78, 5) is 11.5. The fourth-order valence-electron chi connectivity index (χ4n) is 1.89. The summed E-state index contributed by atoms with van der Waals surface area (Å²) in [5.74, 6) is -0.253. The van der Waals surface area contributed by atoms with Crippen LogP contribution in [0, 0.1) is 0 Å². The minimum atomic E-state index is -0.456. The quantitative estimate of drug-likeness (QED) is 0.224. The molecule has 8 heteroatoms. The second kappa shape index (κ2) is 19.5. The van der Waals surface area contributed by atoms with Gasteiger partial charge in [0.15, 0.2) is 0 Å². The van der Waals surface area contributed by atoms with Crippen molar-refractivity contribution in [2.75, 3.05) is 79.3 Å². The highest BCUT2D eigenvalue weighted by molar-refractivity contribution is 5.69. The number of hydrogen-bond acceptors (Lipinski definition) is 8. The Morgan fingerprint density at radius 1 is 0.571 bits per heavy atom. The van der Waals surface area contributed by atoms with Crippen molar-refractivity contribution in [3.05, 3.63) is 0 Å². The first-order chi connectivity index (χ1) is 13.5. The maximum Gasteiger partial charge on any atom is 0.308 e. The van der Waals surface area contributed by atoms with Gasteiger partial charge in [-0.05, 0) is 27.2 Å². The number of ether oxygens (including phenoxy) is 7. The van der Waals surface area contributed by atoms with Crippen molar-refractivity contribution in [1.29, 1.82) is 0 Å². The van der Waals surface area contributed by atoms with Gasteiger partial charge in [-0.15, -0.1) is 0 Å². The molecule has 0 radical (unpaired) electrons. The van der Waals surface area contributed by atoms with Crippen molar-refractivity contribution in [2.24, 2.45) is 0 Å². The fourth-order valence-corrected chi connectivity index (χ4v) is 1.89. The summed E-state index contributed by atoms with van der Waals surface area (Å²) in [6.45, 7) is 14.0. The van der Waals surface area contributed by atoms with Gasteiger partial charge in [0, 0.05) is 6.61 Å². The highest BCUT2D eigenvalue weighted by Crippen LogP contribution is 2.07. The Bertz CT molecular complexity index is 344. The molecule has 8 nitrogen and oxygen atoms in total. The van der Waals surface area contributed by atoms with Crippen LogP contribution in [0.4, 0.5) is 0 Å². The van der Waals surface area contributed by atoms with Crippen molar-refractivity contribution in [2.45, 2.75) is 46.1 Å². The maximum atomic E-state index is 11.5. The Balaban J connectivity index is 3.11. The third-order valence-electron chi connectivity index (χ3n) is 3.08. The van der Waals surface area contributed by atoms with Crippen LogP contribution in [0.3, 0.4) is 0 Å². The van der Waals surface area contributed by atoms with Crippen molar-refractivity contribution in [3.63, 3.8) is 0 Å². The Morgan fingerprint density at radius 3 is 1.21 bits per heavy atom. The molecule has 0 aromatic rings. The van der Waals surface area contributed by atoms with Gasteiger partial charge in [0.2, 0.25) is 0 Å². The topological polar surface area (TPSA) is 81.7 Å². The Kier molecular flexibility index (Phi) is 19.0. The molecule has 0 rings (SSSR count). The predicted octanol–water partition coefficient (Wildman–Crippen LogP) is 2.23. The second-order valence-electron chi connectivity index (χ2n) is 7.01. The first-order valence-corrected chi connectivity index (χ1v) is 10.1. The molecule has 0 amide bonds. The molecule has 0 spiro atoms. The highest BCUT2D eigenvalue weighted by Gasteiger charge is 2.15. The van der Waals surface area contributed by atoms with E-state index in [4.69, 9.17) is 33.2 Å². The molecule has 0 bridgehead atoms. The molecule has 168 valence electrons. The standard InChI is InChI=1S/C20H40O8/c1-5-7-22-9-11-24-13-15-26-17-18-27-16-14-25-12-10-23-8-6-19(21)28-20(2,3)4/h5-18H2,1-4H3. The normalized spacial score (nSPS) is 11.7. The first-order valence-electron chi connectivity index (χ1n) is 10.1. The molecule has 0 N–H and O–H groups in total. The Morgan fingerprint density at radius 2 is 0.893 bits per heavy atom. The molecule has 0 heterocycles. The zero-order valence-electron chi connectivity index (χ0n) is 18.2. The van der Waals surface area contributed by atoms with Gasteiger partial charge >= 0.3 is 5.97 Å². The van der Waals surface area contributed by atoms with Crippen LogP contribution in [0.1, 0.15) is 40.5 Å². The van der Waals surface area contributed by atoms with E-state index < -0.39 is 5.60 Å². The van der Waals surface area contributed by atoms with Gasteiger partial charge in [-0.25, -0.2) is 0 Å². The number of rotatable bonds is 20. The van der Waals surface area contributed by atoms with E-state index in [0.29, 0.717) is 72.7 Å². The lowest BCUT2D eigenvalue weighted by molar-refractivity contribution is -0.156. The van der Waals surface area contributed by atoms with Crippen molar-refractivity contribution in [1.82, 2.24) is 0 Å². The zero-order valence-corrected chi connectivity index (χ0v) is 18.2. The summed E-state index contributed by atoms with van der Waals surface area (Å²) in [5, 5.41) is 0. The molecule has 0 fully saturated rings. The smallest absolute Gasteiger partial charge is 0.308 e. The number of carbonyl (C=O) groups excluding carboxylic acids is 1. The lowest BCUT2D eigenvalue weighted by atomic mass is 10.2. The monoisotopic (exact) mass is 408 g/mol. The average molecular weight is 409 g/mol. The van der Waals surface area contributed by atoms with E-state index in [1.807, 2.05) is 20.8 Å². The molecule has 0 saturated carbocycles. The highest BCUT2D eigenvalue weighted by atomic mass is 16.6. The van der Waals surface area contributed by atoms with Crippen LogP contribution < -0.4 is 0 Å². The molecule has 0 aromatic heterocycles. The molecule has 0 aliphatic carbocycles. The third kappa shape index (κ3) is 23.3. The SMILES string of the molecule is CCCOCCOCCOCCOCCOCCOCCC(=O)OC(C)(C)C. The van der Waals surface area contributed by atoms with Gasteiger partial charge in [0.05, 0.1) is 79.1 Å². The van der Waals surface area contributed by atoms with Crippen molar-refractivity contribution < 1.29 is 38.0 Å². The van der Waals surface area contributed by atoms with E-state index in [1.165, 1.54) is 0 Å². The maximum absolute atomic E-state index is 11.5. The lowest BCUT2D eigenvalue weighted by Crippen LogP contribution is -2.24. The Hall–Kier alpha value is -0.770. The zero-order chi connectivity index (χ0) is 20.9. The van der Waals surface area contributed by atoms with E-state index in [-0.39, 0.29) is 12.4 Å². The summed E-state index contributed by atoms with van der Waals surface area (Å²) < 4.78 is 37.4. The van der Waals surface area contributed by atoms with Crippen LogP contribution in [0.25, 0.3) is 0 Å². The predicted molar refractivity (Wildman–Crippen MR) is 106 cm³/mol. The molecule has 28 heavy (non-hydrogen) atoms. The van der Waals surface area contributed by atoms with Crippen LogP contribution >= 0.6 is 0 Å². The number of hydrogen-bond donors (Lipinski definition) is 0. The van der Waals surface area contributed by atoms with Crippen LogP contribution in [0.5, 0.6) is 0 Å². The van der Waals surface area contributed by atoms with E-state index in [9.17, 15) is 4.79 Å². The average Bonchev–Trinajstić information content (AvgIpc) is 2.62. The molecular weight excluding hydrogens is 368 g/mol. The summed E-state index contributed by atoms with van der Waals surface area (Å²) in [7, 11) is 0. The molecule has 0 atom stereocenters. The molecular formula is C20H40O8. The number of carbonyl (C=O) groups is 1. The van der Waals surface area contributed by atoms with E-state index in [2.05, 4.69) is 6.92 Å². The largest absolute Gasteiger partial charge is 0.460 e. The Labute approximate surface area is 170 Å². The van der Waals surface area contributed by atoms with Gasteiger partial charge in [0.1, 0.15) is 5.60 Å². The van der Waals surface area contributed by atoms with Crippen molar-refractivity contribution >= 4 is 5.97 Å². The van der Waals surface area contributed by atoms with Gasteiger partial charge in [-0.2, -0.15) is 0 Å². The summed E-state index contributed by atoms with van der Waals surface area (Å²) in [5.41, 5.74) is -0.456. The molecule has 0 aliphatic heterocycles. The van der Waals surface area contributed by atoms with Crippen LogP contribution in [-0.2, 0) is 38.0 Å². The number of esters is 1. The minimum Gasteiger partial charge on any atom is -0.460 e. The molecule has 0 aliphatic rings. The molecule has 0 aromatic carbocycles. The first kappa shape index (κ1) is 27.2. The van der Waals surface area contributed by atoms with E-state index >= 15 is 0 Å². The summed E-state index contributed by atoms with van der Waals surface area (Å²) in [6, 6.07) is 0. The van der Waals surface area contributed by atoms with Crippen LogP contribution in [0.15, 0.2) is 0 Å². The molecule has 0 saturated heterocycles. The second-order valence-corrected chi connectivity index (χ2v) is 7.01. The van der Waals surface area contributed by atoms with Crippen molar-refractivity contribution in [3.8, 4) is 0 Å². The van der Waals surface area contributed by atoms with Crippen LogP contribution in [-0.4, -0.2) is 90.9 Å². The molecule has 0 unspecified atom stereocenters. The van der Waals surface area contributed by atoms with Gasteiger partial charge in [-0.1, -0.05) is 6.92 Å². The minimum absolute atomic E-state index is 0.248. The summed E-state index contributed by atoms with van der Waals surface area (Å²) >= 11 is 0. The van der Waals surface area contributed by atoms with Gasteiger partial charge in [-0.3, -0.25) is 4.79 Å². The van der Waals surface area contributed by atoms with Crippen LogP contribution in [0.2, 0.25) is 0 Å². The van der Waals surface area contributed by atoms with E-state index in [1.54, 1.807) is 0 Å². The van der Waals surface area contributed by atoms with E-state index in [0.717, 1.165) is 13.0 Å². The third-order valence-corrected chi connectivity index (χ3v) is 3.08. The summed E-state index contributed by atoms with van der Waals surface area (Å²) in [6.07, 6.45) is 1.27. The van der Waals surface area contributed by atoms with Gasteiger partial charge < -0.3 is 33.2 Å². The lowest BCUT2D eigenvalue weighted by Gasteiger charge is -2.19. The van der Waals surface area contributed by atoms with Gasteiger partial charge in [0.25, 0.3) is 0 Å².